The van der Waals surface area contributed by atoms with Crippen LogP contribution in [0.5, 0.6) is 0 Å². The van der Waals surface area contributed by atoms with Crippen molar-refractivity contribution < 1.29 is 9.32 Å². The molecule has 27 heavy (non-hydrogen) atoms. The molecule has 1 saturated heterocycles. The predicted molar refractivity (Wildman–Crippen MR) is 105 cm³/mol. The third-order valence-corrected chi connectivity index (χ3v) is 5.80. The smallest absolute Gasteiger partial charge is 0.317 e. The van der Waals surface area contributed by atoms with Crippen LogP contribution < -0.4 is 10.2 Å². The van der Waals surface area contributed by atoms with Crippen LogP contribution >= 0.6 is 0 Å². The fraction of sp³-hybridized carbons (Fsp3) is 0.524. The molecule has 1 unspecified atom stereocenters. The molecule has 0 spiro atoms. The number of anilines is 1. The van der Waals surface area contributed by atoms with Gasteiger partial charge in [-0.25, -0.2) is 4.79 Å². The van der Waals surface area contributed by atoms with Gasteiger partial charge in [0, 0.05) is 37.4 Å². The van der Waals surface area contributed by atoms with Crippen LogP contribution in [0.25, 0.3) is 0 Å². The van der Waals surface area contributed by atoms with E-state index in [-0.39, 0.29) is 12.1 Å². The standard InChI is InChI=1S/C21H28N4O2/c1-15-20(16(2)27-23-15)19-10-6-13-25(19)21(26)22-11-14-24-12-5-8-17-7-3-4-9-18(17)24/h3-4,7,9,19H,5-6,8,10-14H2,1-2H3,(H,22,26). The number of hydrogen-bond acceptors (Lipinski definition) is 4. The summed E-state index contributed by atoms with van der Waals surface area (Å²) in [6.07, 6.45) is 4.30. The first-order valence-electron chi connectivity index (χ1n) is 9.95. The third kappa shape index (κ3) is 3.53. The van der Waals surface area contributed by atoms with Gasteiger partial charge in [-0.15, -0.1) is 0 Å². The Bertz CT molecular complexity index is 797. The van der Waals surface area contributed by atoms with Crippen molar-refractivity contribution in [1.29, 1.82) is 0 Å². The summed E-state index contributed by atoms with van der Waals surface area (Å²) in [4.78, 5) is 17.1. The van der Waals surface area contributed by atoms with Crippen LogP contribution in [-0.2, 0) is 6.42 Å². The van der Waals surface area contributed by atoms with Gasteiger partial charge in [0.25, 0.3) is 0 Å². The number of hydrogen-bond donors (Lipinski definition) is 1. The summed E-state index contributed by atoms with van der Waals surface area (Å²) >= 11 is 0. The first-order valence-corrected chi connectivity index (χ1v) is 9.95. The van der Waals surface area contributed by atoms with Crippen LogP contribution in [-0.4, -0.2) is 42.3 Å². The van der Waals surface area contributed by atoms with Crippen molar-refractivity contribution in [3.8, 4) is 0 Å². The number of rotatable bonds is 4. The highest BCUT2D eigenvalue weighted by Gasteiger charge is 2.33. The highest BCUT2D eigenvalue weighted by Crippen LogP contribution is 2.35. The van der Waals surface area contributed by atoms with Crippen molar-refractivity contribution in [1.82, 2.24) is 15.4 Å². The molecule has 2 aliphatic rings. The number of carbonyl (C=O) groups is 1. The van der Waals surface area contributed by atoms with E-state index in [9.17, 15) is 4.79 Å². The van der Waals surface area contributed by atoms with Gasteiger partial charge >= 0.3 is 6.03 Å². The normalized spacial score (nSPS) is 19.3. The minimum atomic E-state index is 0.0165. The topological polar surface area (TPSA) is 61.6 Å². The molecule has 0 radical (unpaired) electrons. The van der Waals surface area contributed by atoms with Crippen LogP contribution in [0.2, 0.25) is 0 Å². The summed E-state index contributed by atoms with van der Waals surface area (Å²) in [5.41, 5.74) is 4.69. The van der Waals surface area contributed by atoms with Gasteiger partial charge in [-0.3, -0.25) is 0 Å². The number of amides is 2. The van der Waals surface area contributed by atoms with E-state index in [1.54, 1.807) is 0 Å². The van der Waals surface area contributed by atoms with Crippen LogP contribution in [0.1, 0.15) is 47.9 Å². The lowest BCUT2D eigenvalue weighted by Gasteiger charge is -2.32. The van der Waals surface area contributed by atoms with E-state index in [2.05, 4.69) is 39.6 Å². The van der Waals surface area contributed by atoms with Crippen molar-refractivity contribution in [3.63, 3.8) is 0 Å². The Kier molecular flexibility index (Phi) is 5.05. The molecule has 0 aliphatic carbocycles. The van der Waals surface area contributed by atoms with Gasteiger partial charge in [0.05, 0.1) is 11.7 Å². The Labute approximate surface area is 160 Å². The Morgan fingerprint density at radius 1 is 1.26 bits per heavy atom. The number of nitrogens with one attached hydrogen (secondary N) is 1. The molecule has 4 rings (SSSR count). The first-order chi connectivity index (χ1) is 13.1. The van der Waals surface area contributed by atoms with Gasteiger partial charge in [-0.05, 0) is 51.2 Å². The van der Waals surface area contributed by atoms with E-state index >= 15 is 0 Å². The summed E-state index contributed by atoms with van der Waals surface area (Å²) in [7, 11) is 0. The minimum absolute atomic E-state index is 0.0165. The molecule has 1 atom stereocenters. The Balaban J connectivity index is 1.36. The van der Waals surface area contributed by atoms with Crippen LogP contribution in [0.4, 0.5) is 10.5 Å². The summed E-state index contributed by atoms with van der Waals surface area (Å²) in [6, 6.07) is 8.68. The number of urea groups is 1. The highest BCUT2D eigenvalue weighted by molar-refractivity contribution is 5.75. The summed E-state index contributed by atoms with van der Waals surface area (Å²) in [5.74, 6) is 0.821. The number of aryl methyl sites for hydroxylation is 3. The van der Waals surface area contributed by atoms with Gasteiger partial charge < -0.3 is 19.6 Å². The maximum atomic E-state index is 12.8. The van der Waals surface area contributed by atoms with Gasteiger partial charge in [-0.1, -0.05) is 23.4 Å². The van der Waals surface area contributed by atoms with Crippen molar-refractivity contribution in [2.24, 2.45) is 0 Å². The van der Waals surface area contributed by atoms with E-state index in [0.717, 1.165) is 55.9 Å². The number of nitrogens with zero attached hydrogens (tertiary/aromatic N) is 3. The lowest BCUT2D eigenvalue weighted by molar-refractivity contribution is 0.193. The van der Waals surface area contributed by atoms with E-state index < -0.39 is 0 Å². The summed E-state index contributed by atoms with van der Waals surface area (Å²) < 4.78 is 5.31. The van der Waals surface area contributed by atoms with E-state index in [1.165, 1.54) is 17.7 Å². The molecule has 6 heteroatoms. The summed E-state index contributed by atoms with van der Waals surface area (Å²) in [6.45, 7) is 7.21. The lowest BCUT2D eigenvalue weighted by atomic mass is 10.0. The van der Waals surface area contributed by atoms with Gasteiger partial charge in [-0.2, -0.15) is 0 Å². The zero-order chi connectivity index (χ0) is 18.8. The Morgan fingerprint density at radius 3 is 2.93 bits per heavy atom. The van der Waals surface area contributed by atoms with E-state index in [0.29, 0.717) is 6.54 Å². The molecular formula is C21H28N4O2. The second-order valence-electron chi connectivity index (χ2n) is 7.54. The van der Waals surface area contributed by atoms with Crippen LogP contribution in [0, 0.1) is 13.8 Å². The average Bonchev–Trinajstić information content (AvgIpc) is 3.28. The zero-order valence-electron chi connectivity index (χ0n) is 16.2. The molecule has 1 aromatic heterocycles. The molecule has 1 aromatic carbocycles. The molecular weight excluding hydrogens is 340 g/mol. The van der Waals surface area contributed by atoms with Crippen LogP contribution in [0.3, 0.4) is 0 Å². The molecule has 1 fully saturated rings. The molecule has 144 valence electrons. The third-order valence-electron chi connectivity index (χ3n) is 5.80. The molecule has 2 aliphatic heterocycles. The minimum Gasteiger partial charge on any atom is -0.370 e. The molecule has 3 heterocycles. The Morgan fingerprint density at radius 2 is 2.11 bits per heavy atom. The van der Waals surface area contributed by atoms with Crippen molar-refractivity contribution in [3.05, 3.63) is 46.8 Å². The van der Waals surface area contributed by atoms with Gasteiger partial charge in [0.15, 0.2) is 0 Å². The maximum Gasteiger partial charge on any atom is 0.317 e. The second-order valence-corrected chi connectivity index (χ2v) is 7.54. The second kappa shape index (κ2) is 7.62. The van der Waals surface area contributed by atoms with Gasteiger partial charge in [0.1, 0.15) is 5.76 Å². The van der Waals surface area contributed by atoms with E-state index in [1.807, 2.05) is 18.7 Å². The lowest BCUT2D eigenvalue weighted by Crippen LogP contribution is -2.43. The van der Waals surface area contributed by atoms with E-state index in [4.69, 9.17) is 4.52 Å². The fourth-order valence-electron chi connectivity index (χ4n) is 4.52. The van der Waals surface area contributed by atoms with Crippen molar-refractivity contribution in [2.45, 2.75) is 45.6 Å². The molecule has 2 aromatic rings. The number of benzene rings is 1. The molecule has 6 nitrogen and oxygen atoms in total. The van der Waals surface area contributed by atoms with Crippen molar-refractivity contribution in [2.75, 3.05) is 31.1 Å². The number of likely N-dealkylation sites (tertiary alicyclic amines) is 1. The molecule has 2 amide bonds. The number of aromatic nitrogens is 1. The molecule has 0 saturated carbocycles. The monoisotopic (exact) mass is 368 g/mol. The SMILES string of the molecule is Cc1noc(C)c1C1CCCN1C(=O)NCCN1CCCc2ccccc21. The Hall–Kier alpha value is -2.50. The quantitative estimate of drug-likeness (QED) is 0.896. The predicted octanol–water partition coefficient (Wildman–Crippen LogP) is 3.59. The van der Waals surface area contributed by atoms with Crippen LogP contribution in [0.15, 0.2) is 28.8 Å². The van der Waals surface area contributed by atoms with Gasteiger partial charge in [0.2, 0.25) is 0 Å². The first kappa shape index (κ1) is 17.9. The fourth-order valence-corrected chi connectivity index (χ4v) is 4.52. The largest absolute Gasteiger partial charge is 0.370 e. The molecule has 0 bridgehead atoms. The number of para-hydroxylation sites is 1. The number of carbonyl (C=O) groups excluding carboxylic acids is 1. The molecule has 1 N–H and O–H groups in total. The summed E-state index contributed by atoms with van der Waals surface area (Å²) in [5, 5.41) is 7.19. The zero-order valence-corrected chi connectivity index (χ0v) is 16.2. The maximum absolute atomic E-state index is 12.8. The average molecular weight is 368 g/mol. The van der Waals surface area contributed by atoms with Crippen molar-refractivity contribution >= 4 is 11.7 Å². The number of fused-ring (bicyclic) bond motifs is 1. The highest BCUT2D eigenvalue weighted by atomic mass is 16.5.